The van der Waals surface area contributed by atoms with Crippen LogP contribution < -0.4 is 10.1 Å². The first-order chi connectivity index (χ1) is 14.6. The first-order valence-corrected chi connectivity index (χ1v) is 11.6. The summed E-state index contributed by atoms with van der Waals surface area (Å²) in [4.78, 5) is 17.3. The third kappa shape index (κ3) is 7.22. The van der Waals surface area contributed by atoms with Crippen LogP contribution in [0.2, 0.25) is 5.02 Å². The summed E-state index contributed by atoms with van der Waals surface area (Å²) in [6, 6.07) is 15.0. The second-order valence-electron chi connectivity index (χ2n) is 7.14. The number of amides is 1. The zero-order chi connectivity index (χ0) is 21.2. The lowest BCUT2D eigenvalue weighted by Gasteiger charge is -2.06. The quantitative estimate of drug-likeness (QED) is 0.319. The summed E-state index contributed by atoms with van der Waals surface area (Å²) in [5.74, 6) is 0.718. The SMILES string of the molecule is CCCCCCCCOc1ccc(/C=C2\SC(=Nc3ccc(Cl)cc3)NC2=O)cc1. The molecule has 6 heteroatoms. The van der Waals surface area contributed by atoms with Gasteiger partial charge in [0.2, 0.25) is 0 Å². The molecule has 3 rings (SSSR count). The molecule has 0 spiro atoms. The van der Waals surface area contributed by atoms with Gasteiger partial charge in [-0.15, -0.1) is 0 Å². The number of unbranched alkanes of at least 4 members (excludes halogenated alkanes) is 5. The summed E-state index contributed by atoms with van der Waals surface area (Å²) in [5, 5.41) is 4.02. The average Bonchev–Trinajstić information content (AvgIpc) is 3.09. The molecule has 0 bridgehead atoms. The lowest BCUT2D eigenvalue weighted by Crippen LogP contribution is -2.19. The molecule has 4 nitrogen and oxygen atoms in total. The van der Waals surface area contributed by atoms with Crippen molar-refractivity contribution in [1.82, 2.24) is 5.32 Å². The predicted molar refractivity (Wildman–Crippen MR) is 128 cm³/mol. The van der Waals surface area contributed by atoms with Crippen LogP contribution in [0, 0.1) is 0 Å². The second-order valence-corrected chi connectivity index (χ2v) is 8.61. The van der Waals surface area contributed by atoms with Crippen molar-refractivity contribution in [2.24, 2.45) is 4.99 Å². The Morgan fingerprint density at radius 2 is 1.70 bits per heavy atom. The maximum atomic E-state index is 12.2. The van der Waals surface area contributed by atoms with Gasteiger partial charge < -0.3 is 10.1 Å². The Morgan fingerprint density at radius 1 is 1.00 bits per heavy atom. The number of nitrogens with zero attached hydrogens (tertiary/aromatic N) is 1. The standard InChI is InChI=1S/C24H27ClN2O2S/c1-2-3-4-5-6-7-16-29-21-14-8-18(9-15-21)17-22-23(28)27-24(30-22)26-20-12-10-19(25)11-13-20/h8-15,17H,2-7,16H2,1H3,(H,26,27,28)/b22-17-. The number of ether oxygens (including phenoxy) is 1. The van der Waals surface area contributed by atoms with Gasteiger partial charge in [0.05, 0.1) is 17.2 Å². The molecule has 0 aliphatic carbocycles. The van der Waals surface area contributed by atoms with Gasteiger partial charge in [-0.05, 0) is 66.2 Å². The molecule has 158 valence electrons. The lowest BCUT2D eigenvalue weighted by atomic mass is 10.1. The van der Waals surface area contributed by atoms with Gasteiger partial charge in [-0.25, -0.2) is 4.99 Å². The van der Waals surface area contributed by atoms with Crippen LogP contribution in [0.5, 0.6) is 5.75 Å². The van der Waals surface area contributed by atoms with Crippen molar-refractivity contribution in [1.29, 1.82) is 0 Å². The largest absolute Gasteiger partial charge is 0.494 e. The van der Waals surface area contributed by atoms with Crippen LogP contribution in [0.25, 0.3) is 6.08 Å². The number of carbonyl (C=O) groups is 1. The van der Waals surface area contributed by atoms with E-state index in [1.807, 2.05) is 42.5 Å². The number of amidine groups is 1. The van der Waals surface area contributed by atoms with E-state index in [9.17, 15) is 4.79 Å². The number of benzene rings is 2. The van der Waals surface area contributed by atoms with Crippen molar-refractivity contribution in [3.63, 3.8) is 0 Å². The van der Waals surface area contributed by atoms with Crippen LogP contribution in [0.1, 0.15) is 51.0 Å². The van der Waals surface area contributed by atoms with Crippen molar-refractivity contribution in [3.05, 3.63) is 64.0 Å². The van der Waals surface area contributed by atoms with Crippen LogP contribution >= 0.6 is 23.4 Å². The zero-order valence-electron chi connectivity index (χ0n) is 17.2. The highest BCUT2D eigenvalue weighted by Crippen LogP contribution is 2.28. The van der Waals surface area contributed by atoms with Crippen molar-refractivity contribution in [2.45, 2.75) is 45.4 Å². The van der Waals surface area contributed by atoms with Crippen LogP contribution in [0.4, 0.5) is 5.69 Å². The van der Waals surface area contributed by atoms with E-state index >= 15 is 0 Å². The summed E-state index contributed by atoms with van der Waals surface area (Å²) in [6.45, 7) is 2.98. The van der Waals surface area contributed by atoms with Crippen LogP contribution in [0.3, 0.4) is 0 Å². The molecule has 0 saturated carbocycles. The minimum atomic E-state index is -0.142. The summed E-state index contributed by atoms with van der Waals surface area (Å²) in [5.41, 5.74) is 1.70. The van der Waals surface area contributed by atoms with E-state index in [0.29, 0.717) is 15.1 Å². The summed E-state index contributed by atoms with van der Waals surface area (Å²) in [7, 11) is 0. The zero-order valence-corrected chi connectivity index (χ0v) is 18.8. The fourth-order valence-electron chi connectivity index (χ4n) is 3.00. The van der Waals surface area contributed by atoms with Crippen molar-refractivity contribution >= 4 is 46.2 Å². The number of hydrogen-bond acceptors (Lipinski definition) is 4. The first kappa shape index (κ1) is 22.4. The van der Waals surface area contributed by atoms with Crippen LogP contribution in [-0.2, 0) is 4.79 Å². The van der Waals surface area contributed by atoms with Gasteiger partial charge in [-0.3, -0.25) is 4.79 Å². The van der Waals surface area contributed by atoms with Crippen molar-refractivity contribution in [3.8, 4) is 5.75 Å². The number of carbonyl (C=O) groups excluding carboxylic acids is 1. The maximum absolute atomic E-state index is 12.2. The Bertz CT molecular complexity index is 892. The number of hydrogen-bond donors (Lipinski definition) is 1. The van der Waals surface area contributed by atoms with E-state index in [2.05, 4.69) is 17.2 Å². The molecular formula is C24H27ClN2O2S. The normalized spacial score (nSPS) is 16.3. The topological polar surface area (TPSA) is 50.7 Å². The Kier molecular flexibility index (Phi) is 8.84. The van der Waals surface area contributed by atoms with Crippen LogP contribution in [0.15, 0.2) is 58.4 Å². The Hall–Kier alpha value is -2.24. The highest BCUT2D eigenvalue weighted by atomic mass is 35.5. The second kappa shape index (κ2) is 11.8. The number of rotatable bonds is 10. The predicted octanol–water partition coefficient (Wildman–Crippen LogP) is 6.97. The third-order valence-corrected chi connectivity index (χ3v) is 5.81. The highest BCUT2D eigenvalue weighted by molar-refractivity contribution is 8.18. The third-order valence-electron chi connectivity index (χ3n) is 4.65. The molecule has 0 atom stereocenters. The van der Waals surface area contributed by atoms with Crippen molar-refractivity contribution in [2.75, 3.05) is 6.61 Å². The monoisotopic (exact) mass is 442 g/mol. The molecule has 1 fully saturated rings. The number of aliphatic imine (C=N–C) groups is 1. The lowest BCUT2D eigenvalue weighted by molar-refractivity contribution is -0.115. The van der Waals surface area contributed by atoms with E-state index < -0.39 is 0 Å². The molecule has 1 aliphatic heterocycles. The first-order valence-electron chi connectivity index (χ1n) is 10.4. The van der Waals surface area contributed by atoms with Crippen molar-refractivity contribution < 1.29 is 9.53 Å². The molecule has 1 amide bonds. The van der Waals surface area contributed by atoms with Gasteiger partial charge in [0, 0.05) is 5.02 Å². The molecule has 1 heterocycles. The highest BCUT2D eigenvalue weighted by Gasteiger charge is 2.23. The van der Waals surface area contributed by atoms with Crippen LogP contribution in [-0.4, -0.2) is 17.7 Å². The molecule has 1 aliphatic rings. The fourth-order valence-corrected chi connectivity index (χ4v) is 3.97. The minimum Gasteiger partial charge on any atom is -0.494 e. The molecule has 1 N–H and O–H groups in total. The van der Waals surface area contributed by atoms with E-state index in [4.69, 9.17) is 16.3 Å². The summed E-state index contributed by atoms with van der Waals surface area (Å²) in [6.07, 6.45) is 9.36. The molecular weight excluding hydrogens is 416 g/mol. The van der Waals surface area contributed by atoms with Gasteiger partial charge in [0.15, 0.2) is 5.17 Å². The maximum Gasteiger partial charge on any atom is 0.264 e. The molecule has 30 heavy (non-hydrogen) atoms. The van der Waals surface area contributed by atoms with E-state index in [1.165, 1.54) is 43.9 Å². The smallest absolute Gasteiger partial charge is 0.264 e. The van der Waals surface area contributed by atoms with Gasteiger partial charge in [0.1, 0.15) is 5.75 Å². The van der Waals surface area contributed by atoms with E-state index in [0.717, 1.165) is 30.0 Å². The molecule has 2 aromatic carbocycles. The van der Waals surface area contributed by atoms with Gasteiger partial charge in [-0.2, -0.15) is 0 Å². The number of halogens is 1. The molecule has 2 aromatic rings. The van der Waals surface area contributed by atoms with Gasteiger partial charge in [-0.1, -0.05) is 62.8 Å². The molecule has 0 radical (unpaired) electrons. The number of nitrogens with one attached hydrogen (secondary N) is 1. The average molecular weight is 443 g/mol. The van der Waals surface area contributed by atoms with E-state index in [1.54, 1.807) is 12.1 Å². The van der Waals surface area contributed by atoms with E-state index in [-0.39, 0.29) is 5.91 Å². The molecule has 0 unspecified atom stereocenters. The Balaban J connectivity index is 1.50. The summed E-state index contributed by atoms with van der Waals surface area (Å²) >= 11 is 7.22. The Labute approximate surface area is 187 Å². The van der Waals surface area contributed by atoms with Gasteiger partial charge >= 0.3 is 0 Å². The molecule has 1 saturated heterocycles. The minimum absolute atomic E-state index is 0.142. The van der Waals surface area contributed by atoms with Gasteiger partial charge in [0.25, 0.3) is 5.91 Å². The Morgan fingerprint density at radius 3 is 2.43 bits per heavy atom. The fraction of sp³-hybridized carbons (Fsp3) is 0.333. The molecule has 0 aromatic heterocycles. The number of thioether (sulfide) groups is 1. The summed E-state index contributed by atoms with van der Waals surface area (Å²) < 4.78 is 5.82.